The van der Waals surface area contributed by atoms with E-state index in [0.717, 1.165) is 17.4 Å². The molecule has 0 unspecified atom stereocenters. The molecule has 4 aromatic rings. The summed E-state index contributed by atoms with van der Waals surface area (Å²) < 4.78 is 16.9. The average Bonchev–Trinajstić information content (AvgIpc) is 3.21. The lowest BCUT2D eigenvalue weighted by Gasteiger charge is -2.29. The molecule has 1 aliphatic rings. The third-order valence-electron chi connectivity index (χ3n) is 5.42. The van der Waals surface area contributed by atoms with Gasteiger partial charge in [-0.25, -0.2) is 9.18 Å². The predicted molar refractivity (Wildman–Crippen MR) is 104 cm³/mol. The molecule has 0 spiro atoms. The Balaban J connectivity index is 2.00. The van der Waals surface area contributed by atoms with Crippen LogP contribution in [0.4, 0.5) is 10.1 Å². The van der Waals surface area contributed by atoms with Crippen LogP contribution in [0.15, 0.2) is 21.2 Å². The van der Waals surface area contributed by atoms with E-state index in [9.17, 15) is 19.5 Å². The van der Waals surface area contributed by atoms with Crippen molar-refractivity contribution < 1.29 is 19.1 Å². The maximum atomic E-state index is 15.2. The molecule has 0 aliphatic carbocycles. The maximum Gasteiger partial charge on any atom is 0.342 e. The Bertz CT molecular complexity index is 1410. The largest absolute Gasteiger partial charge is 0.477 e. The monoisotopic (exact) mass is 399 g/mol. The van der Waals surface area contributed by atoms with E-state index in [1.807, 2.05) is 4.90 Å². The van der Waals surface area contributed by atoms with Crippen LogP contribution in [-0.2, 0) is 4.79 Å². The fourth-order valence-corrected chi connectivity index (χ4v) is 5.24. The van der Waals surface area contributed by atoms with Crippen molar-refractivity contribution in [3.8, 4) is 0 Å². The van der Waals surface area contributed by atoms with Crippen molar-refractivity contribution in [2.45, 2.75) is 12.8 Å². The number of carbonyl (C=O) groups is 2. The molecule has 5 rings (SSSR count). The lowest BCUT2D eigenvalue weighted by Crippen LogP contribution is -2.35. The number of nitrogens with zero attached hydrogens (tertiary/aromatic N) is 3. The Morgan fingerprint density at radius 2 is 2.00 bits per heavy atom. The molecule has 28 heavy (non-hydrogen) atoms. The second-order valence-corrected chi connectivity index (χ2v) is 7.70. The Kier molecular flexibility index (Phi) is 3.48. The van der Waals surface area contributed by atoms with E-state index in [2.05, 4.69) is 4.99 Å². The van der Waals surface area contributed by atoms with E-state index in [-0.39, 0.29) is 16.7 Å². The van der Waals surface area contributed by atoms with Crippen LogP contribution in [0.1, 0.15) is 23.2 Å². The zero-order chi connectivity index (χ0) is 19.7. The molecule has 3 aromatic heterocycles. The number of carbonyl (C=O) groups excluding carboxylic acids is 1. The number of anilines is 1. The zero-order valence-electron chi connectivity index (χ0n) is 14.8. The molecule has 1 aromatic carbocycles. The minimum Gasteiger partial charge on any atom is -0.477 e. The summed E-state index contributed by atoms with van der Waals surface area (Å²) in [6.07, 6.45) is 0.675. The van der Waals surface area contributed by atoms with Crippen LogP contribution in [0.25, 0.3) is 26.6 Å². The van der Waals surface area contributed by atoms with E-state index in [1.165, 1.54) is 0 Å². The fourth-order valence-electron chi connectivity index (χ4n) is 4.20. The zero-order valence-corrected chi connectivity index (χ0v) is 15.6. The second kappa shape index (κ2) is 5.71. The molecular weight excluding hydrogens is 385 g/mol. The first kappa shape index (κ1) is 17.1. The van der Waals surface area contributed by atoms with Gasteiger partial charge in [0.1, 0.15) is 22.0 Å². The van der Waals surface area contributed by atoms with Crippen molar-refractivity contribution in [1.29, 1.82) is 0 Å². The molecular formula is C19H14FN3O4S. The molecule has 142 valence electrons. The van der Waals surface area contributed by atoms with Crippen molar-refractivity contribution >= 4 is 55.4 Å². The van der Waals surface area contributed by atoms with Crippen molar-refractivity contribution in [1.82, 2.24) is 4.40 Å². The number of pyridine rings is 1. The van der Waals surface area contributed by atoms with Crippen LogP contribution in [0.3, 0.4) is 0 Å². The van der Waals surface area contributed by atoms with Crippen LogP contribution < -0.4 is 15.7 Å². The summed E-state index contributed by atoms with van der Waals surface area (Å²) >= 11 is 1.16. The topological polar surface area (TPSA) is 91.5 Å². The van der Waals surface area contributed by atoms with E-state index in [0.29, 0.717) is 58.2 Å². The SMILES string of the molecule is CN=c1c2c(N3CCC(=O)CC3)c(F)cc3c(=O)c(C(=O)O)c4scc1n4c32. The van der Waals surface area contributed by atoms with E-state index in [4.69, 9.17) is 0 Å². The second-order valence-electron chi connectivity index (χ2n) is 6.85. The highest BCUT2D eigenvalue weighted by Gasteiger charge is 2.30. The molecule has 0 atom stereocenters. The molecule has 1 fully saturated rings. The lowest BCUT2D eigenvalue weighted by atomic mass is 10.0. The smallest absolute Gasteiger partial charge is 0.342 e. The van der Waals surface area contributed by atoms with E-state index in [1.54, 1.807) is 16.8 Å². The number of thiazole rings is 1. The number of carboxylic acid groups (broad SMARTS) is 1. The summed E-state index contributed by atoms with van der Waals surface area (Å²) in [5, 5.41) is 12.3. The predicted octanol–water partition coefficient (Wildman–Crippen LogP) is 2.08. The normalized spacial score (nSPS) is 16.3. The van der Waals surface area contributed by atoms with Crippen LogP contribution in [-0.4, -0.2) is 41.4 Å². The molecule has 1 saturated heterocycles. The minimum absolute atomic E-state index is 0.0255. The number of aromatic nitrogens is 1. The Morgan fingerprint density at radius 3 is 2.64 bits per heavy atom. The number of carboxylic acids is 1. The molecule has 7 nitrogen and oxygen atoms in total. The van der Waals surface area contributed by atoms with Crippen LogP contribution in [0.5, 0.6) is 0 Å². The van der Waals surface area contributed by atoms with E-state index >= 15 is 4.39 Å². The van der Waals surface area contributed by atoms with Crippen LogP contribution in [0.2, 0.25) is 0 Å². The summed E-state index contributed by atoms with van der Waals surface area (Å²) in [5.74, 6) is -1.81. The first-order valence-electron chi connectivity index (χ1n) is 8.74. The highest BCUT2D eigenvalue weighted by atomic mass is 32.1. The summed E-state index contributed by atoms with van der Waals surface area (Å²) in [7, 11) is 1.59. The van der Waals surface area contributed by atoms with E-state index < -0.39 is 17.2 Å². The molecule has 9 heteroatoms. The van der Waals surface area contributed by atoms with Gasteiger partial charge in [-0.2, -0.15) is 0 Å². The minimum atomic E-state index is -1.34. The number of hydrogen-bond acceptors (Lipinski definition) is 6. The number of aromatic carboxylic acids is 1. The maximum absolute atomic E-state index is 15.2. The Morgan fingerprint density at radius 1 is 1.29 bits per heavy atom. The van der Waals surface area contributed by atoms with Gasteiger partial charge in [-0.05, 0) is 6.07 Å². The number of ketones is 1. The average molecular weight is 399 g/mol. The molecule has 0 saturated carbocycles. The lowest BCUT2D eigenvalue weighted by molar-refractivity contribution is -0.119. The standard InChI is InChI=1S/C19H14FN3O4S/c1-21-14-11-7-28-18-13(19(26)27)17(25)9-6-10(20)16(12(14)15(9)23(11)18)22-4-2-8(24)3-5-22/h6-7H,2-5H2,1H3,(H,26,27). The van der Waals surface area contributed by atoms with Gasteiger partial charge in [-0.1, -0.05) is 0 Å². The molecule has 1 N–H and O–H groups in total. The van der Waals surface area contributed by atoms with Gasteiger partial charge in [-0.15, -0.1) is 11.3 Å². The van der Waals surface area contributed by atoms with Crippen molar-refractivity contribution in [3.05, 3.63) is 38.4 Å². The van der Waals surface area contributed by atoms with Gasteiger partial charge in [0.15, 0.2) is 0 Å². The van der Waals surface area contributed by atoms with Gasteiger partial charge in [0, 0.05) is 38.4 Å². The molecule has 0 amide bonds. The van der Waals surface area contributed by atoms with Crippen molar-refractivity contribution in [2.75, 3.05) is 25.0 Å². The summed E-state index contributed by atoms with van der Waals surface area (Å²) in [6.45, 7) is 0.784. The summed E-state index contributed by atoms with van der Waals surface area (Å²) in [4.78, 5) is 42.7. The highest BCUT2D eigenvalue weighted by Crippen LogP contribution is 2.37. The number of piperidine rings is 1. The highest BCUT2D eigenvalue weighted by molar-refractivity contribution is 7.16. The number of halogens is 1. The van der Waals surface area contributed by atoms with Gasteiger partial charge in [0.25, 0.3) is 0 Å². The van der Waals surface area contributed by atoms with Crippen molar-refractivity contribution in [3.63, 3.8) is 0 Å². The van der Waals surface area contributed by atoms with Gasteiger partial charge >= 0.3 is 5.97 Å². The number of benzene rings is 1. The molecule has 0 bridgehead atoms. The van der Waals surface area contributed by atoms with Gasteiger partial charge in [-0.3, -0.25) is 19.0 Å². The summed E-state index contributed by atoms with van der Waals surface area (Å²) in [5.41, 5.74) is 0.384. The number of Topliss-reactive ketones (excluding diaryl/α,β-unsaturated/α-hetero) is 1. The van der Waals surface area contributed by atoms with Crippen LogP contribution >= 0.6 is 11.3 Å². The Labute approximate surface area is 160 Å². The third-order valence-corrected chi connectivity index (χ3v) is 6.37. The molecule has 0 radical (unpaired) electrons. The van der Waals surface area contributed by atoms with Crippen molar-refractivity contribution in [2.24, 2.45) is 4.99 Å². The quantitative estimate of drug-likeness (QED) is 0.557. The Hall–Kier alpha value is -3.07. The number of rotatable bonds is 2. The fraction of sp³-hybridized carbons (Fsp3) is 0.263. The van der Waals surface area contributed by atoms with Crippen LogP contribution in [0, 0.1) is 5.82 Å². The molecule has 1 aliphatic heterocycles. The summed E-state index contributed by atoms with van der Waals surface area (Å²) in [6, 6.07) is 1.12. The van der Waals surface area contributed by atoms with Gasteiger partial charge in [0.2, 0.25) is 5.43 Å². The molecule has 4 heterocycles. The van der Waals surface area contributed by atoms with Gasteiger partial charge < -0.3 is 10.0 Å². The first-order valence-corrected chi connectivity index (χ1v) is 9.62. The third kappa shape index (κ3) is 2.02. The number of hydrogen-bond donors (Lipinski definition) is 1. The first-order chi connectivity index (χ1) is 13.4. The van der Waals surface area contributed by atoms with Gasteiger partial charge in [0.05, 0.1) is 32.9 Å².